The molecule has 1 N–H and O–H groups in total. The summed E-state index contributed by atoms with van der Waals surface area (Å²) in [6.07, 6.45) is 9.19. The number of alkyl halides is 3. The Bertz CT molecular complexity index is 1050. The van der Waals surface area contributed by atoms with Crippen molar-refractivity contribution in [1.29, 1.82) is 0 Å². The zero-order chi connectivity index (χ0) is 27.8. The van der Waals surface area contributed by atoms with Gasteiger partial charge in [0.2, 0.25) is 0 Å². The van der Waals surface area contributed by atoms with Crippen LogP contribution >= 0.6 is 0 Å². The van der Waals surface area contributed by atoms with Crippen LogP contribution in [0.3, 0.4) is 0 Å². The van der Waals surface area contributed by atoms with E-state index in [1.165, 1.54) is 69.9 Å². The van der Waals surface area contributed by atoms with Gasteiger partial charge in [0, 0.05) is 25.1 Å². The molecule has 1 amide bonds. The minimum Gasteiger partial charge on any atom is -0.474 e. The first-order valence-electron chi connectivity index (χ1n) is 13.5. The van der Waals surface area contributed by atoms with Crippen LogP contribution in [0.4, 0.5) is 13.2 Å². The van der Waals surface area contributed by atoms with Gasteiger partial charge in [-0.3, -0.25) is 4.79 Å². The number of benzene rings is 2. The molecule has 4 nitrogen and oxygen atoms in total. The second-order valence-electron chi connectivity index (χ2n) is 9.59. The van der Waals surface area contributed by atoms with Gasteiger partial charge in [0.1, 0.15) is 0 Å². The molecule has 0 spiro atoms. The van der Waals surface area contributed by atoms with Gasteiger partial charge in [0.25, 0.3) is 0 Å². The van der Waals surface area contributed by atoms with Crippen LogP contribution in [0.1, 0.15) is 99.8 Å². The molecule has 0 aliphatic heterocycles. The third kappa shape index (κ3) is 11.9. The molecule has 0 aliphatic rings. The summed E-state index contributed by atoms with van der Waals surface area (Å²) in [4.78, 5) is 24.6. The molecule has 38 heavy (non-hydrogen) atoms. The molecule has 0 aliphatic carbocycles. The Balaban J connectivity index is 1.81. The summed E-state index contributed by atoms with van der Waals surface area (Å²) < 4.78 is 38.4. The number of carboxylic acids is 1. The second-order valence-corrected chi connectivity index (χ2v) is 9.59. The number of hydrogen-bond donors (Lipinski definition) is 1. The molecule has 0 saturated heterocycles. The molecule has 2 aromatic rings. The predicted molar refractivity (Wildman–Crippen MR) is 143 cm³/mol. The standard InChI is InChI=1S/C31H38F3NO3/c1-2-3-4-5-6-7-8-9-10-11-12-13-14-25-15-17-26(18-16-25)23-35(29(36)30(37)38)24-27-19-21-28(22-20-27)31(32,33)34/h15-22H,2-12,23-24H2,1H3,(H,37,38). The van der Waals surface area contributed by atoms with Crippen molar-refractivity contribution in [2.45, 2.75) is 96.8 Å². The van der Waals surface area contributed by atoms with E-state index in [0.29, 0.717) is 11.1 Å². The van der Waals surface area contributed by atoms with Gasteiger partial charge in [-0.05, 0) is 41.8 Å². The molecule has 0 saturated carbocycles. The number of aliphatic carboxylic acids is 1. The molecule has 2 rings (SSSR count). The average molecular weight is 530 g/mol. The van der Waals surface area contributed by atoms with E-state index >= 15 is 0 Å². The quantitative estimate of drug-likeness (QED) is 0.153. The van der Waals surface area contributed by atoms with E-state index in [0.717, 1.165) is 35.4 Å². The smallest absolute Gasteiger partial charge is 0.416 e. The fraction of sp³-hybridized carbons (Fsp3) is 0.484. The summed E-state index contributed by atoms with van der Waals surface area (Å²) in [7, 11) is 0. The largest absolute Gasteiger partial charge is 0.474 e. The number of amides is 1. The third-order valence-electron chi connectivity index (χ3n) is 6.34. The highest BCUT2D eigenvalue weighted by Gasteiger charge is 2.30. The van der Waals surface area contributed by atoms with Crippen LogP contribution in [0.25, 0.3) is 0 Å². The molecule has 0 bridgehead atoms. The van der Waals surface area contributed by atoms with Gasteiger partial charge in [0.15, 0.2) is 0 Å². The van der Waals surface area contributed by atoms with Crippen molar-refractivity contribution in [1.82, 2.24) is 4.90 Å². The van der Waals surface area contributed by atoms with Crippen molar-refractivity contribution in [3.63, 3.8) is 0 Å². The number of rotatable bonds is 14. The minimum absolute atomic E-state index is 0.0124. The van der Waals surface area contributed by atoms with Crippen LogP contribution in [-0.4, -0.2) is 21.9 Å². The van der Waals surface area contributed by atoms with Gasteiger partial charge in [-0.2, -0.15) is 13.2 Å². The Kier molecular flexibility index (Phi) is 13.5. The topological polar surface area (TPSA) is 57.6 Å². The number of carbonyl (C=O) groups excluding carboxylic acids is 1. The summed E-state index contributed by atoms with van der Waals surface area (Å²) in [6.45, 7) is 2.12. The molecule has 206 valence electrons. The van der Waals surface area contributed by atoms with Crippen LogP contribution in [0.15, 0.2) is 48.5 Å². The van der Waals surface area contributed by atoms with Crippen molar-refractivity contribution < 1.29 is 27.9 Å². The first-order valence-corrected chi connectivity index (χ1v) is 13.5. The third-order valence-corrected chi connectivity index (χ3v) is 6.34. The Morgan fingerprint density at radius 1 is 0.763 bits per heavy atom. The molecule has 2 aromatic carbocycles. The highest BCUT2D eigenvalue weighted by atomic mass is 19.4. The van der Waals surface area contributed by atoms with E-state index in [1.54, 1.807) is 12.1 Å². The highest BCUT2D eigenvalue weighted by Crippen LogP contribution is 2.29. The Morgan fingerprint density at radius 3 is 1.71 bits per heavy atom. The number of hydrogen-bond acceptors (Lipinski definition) is 2. The maximum absolute atomic E-state index is 12.8. The normalized spacial score (nSPS) is 11.1. The monoisotopic (exact) mass is 529 g/mol. The van der Waals surface area contributed by atoms with Gasteiger partial charge in [-0.1, -0.05) is 101 Å². The van der Waals surface area contributed by atoms with Crippen LogP contribution in [0.5, 0.6) is 0 Å². The fourth-order valence-corrected chi connectivity index (χ4v) is 4.13. The van der Waals surface area contributed by atoms with Gasteiger partial charge in [0.05, 0.1) is 5.56 Å². The lowest BCUT2D eigenvalue weighted by atomic mass is 10.1. The number of unbranched alkanes of at least 4 members (excludes halogenated alkanes) is 10. The molecule has 0 fully saturated rings. The summed E-state index contributed by atoms with van der Waals surface area (Å²) in [5, 5.41) is 9.19. The number of carbonyl (C=O) groups is 2. The van der Waals surface area contributed by atoms with E-state index in [1.807, 2.05) is 12.1 Å². The molecule has 0 aromatic heterocycles. The zero-order valence-corrected chi connectivity index (χ0v) is 22.2. The van der Waals surface area contributed by atoms with Crippen LogP contribution in [-0.2, 0) is 28.9 Å². The lowest BCUT2D eigenvalue weighted by Gasteiger charge is -2.21. The van der Waals surface area contributed by atoms with Gasteiger partial charge in [-0.15, -0.1) is 0 Å². The molecule has 0 unspecified atom stereocenters. The van der Waals surface area contributed by atoms with E-state index in [4.69, 9.17) is 0 Å². The highest BCUT2D eigenvalue weighted by molar-refractivity contribution is 6.31. The minimum atomic E-state index is -4.47. The number of halogens is 3. The maximum atomic E-state index is 12.8. The van der Waals surface area contributed by atoms with Crippen molar-refractivity contribution in [2.75, 3.05) is 0 Å². The maximum Gasteiger partial charge on any atom is 0.416 e. The molecule has 0 atom stereocenters. The Labute approximate surface area is 224 Å². The second kappa shape index (κ2) is 16.5. The molecule has 0 radical (unpaired) electrons. The van der Waals surface area contributed by atoms with E-state index in [-0.39, 0.29) is 13.1 Å². The summed E-state index contributed by atoms with van der Waals surface area (Å²) >= 11 is 0. The summed E-state index contributed by atoms with van der Waals surface area (Å²) in [5.41, 5.74) is 1.13. The van der Waals surface area contributed by atoms with Crippen molar-refractivity contribution in [2.24, 2.45) is 0 Å². The molecular weight excluding hydrogens is 491 g/mol. The van der Waals surface area contributed by atoms with E-state index in [2.05, 4.69) is 18.8 Å². The van der Waals surface area contributed by atoms with Gasteiger partial charge < -0.3 is 10.0 Å². The van der Waals surface area contributed by atoms with Gasteiger partial charge >= 0.3 is 18.1 Å². The number of carboxylic acid groups (broad SMARTS) is 1. The SMILES string of the molecule is CCCCCCCCCCCCC#Cc1ccc(CN(Cc2ccc(C(F)(F)F)cc2)C(=O)C(=O)O)cc1. The first kappa shape index (κ1) is 31.0. The first-order chi connectivity index (χ1) is 18.2. The van der Waals surface area contributed by atoms with Crippen LogP contribution in [0.2, 0.25) is 0 Å². The summed E-state index contributed by atoms with van der Waals surface area (Å²) in [5.74, 6) is 3.59. The Morgan fingerprint density at radius 2 is 1.24 bits per heavy atom. The fourth-order valence-electron chi connectivity index (χ4n) is 4.13. The van der Waals surface area contributed by atoms with E-state index < -0.39 is 23.6 Å². The predicted octanol–water partition coefficient (Wildman–Crippen LogP) is 7.98. The lowest BCUT2D eigenvalue weighted by molar-refractivity contribution is -0.156. The zero-order valence-electron chi connectivity index (χ0n) is 22.2. The summed E-state index contributed by atoms with van der Waals surface area (Å²) in [6, 6.07) is 11.5. The number of nitrogens with zero attached hydrogens (tertiary/aromatic N) is 1. The van der Waals surface area contributed by atoms with Crippen molar-refractivity contribution in [3.8, 4) is 11.8 Å². The van der Waals surface area contributed by atoms with Crippen molar-refractivity contribution >= 4 is 11.9 Å². The van der Waals surface area contributed by atoms with Crippen LogP contribution in [0, 0.1) is 11.8 Å². The lowest BCUT2D eigenvalue weighted by Crippen LogP contribution is -2.35. The Hall–Kier alpha value is -3.27. The molecular formula is C31H38F3NO3. The molecule has 7 heteroatoms. The van der Waals surface area contributed by atoms with Crippen molar-refractivity contribution in [3.05, 3.63) is 70.8 Å². The van der Waals surface area contributed by atoms with Crippen LogP contribution < -0.4 is 0 Å². The average Bonchev–Trinajstić information content (AvgIpc) is 2.89. The molecule has 0 heterocycles. The van der Waals surface area contributed by atoms with Gasteiger partial charge in [-0.25, -0.2) is 4.79 Å². The van der Waals surface area contributed by atoms with E-state index in [9.17, 15) is 27.9 Å².